The molecule has 0 bridgehead atoms. The number of fused-ring (bicyclic) bond motifs is 1. The van der Waals surface area contributed by atoms with E-state index in [0.717, 1.165) is 11.8 Å². The first-order chi connectivity index (χ1) is 9.17. The van der Waals surface area contributed by atoms with Crippen LogP contribution in [0, 0.1) is 0 Å². The lowest BCUT2D eigenvalue weighted by atomic mass is 10.1. The molecule has 100 valence electrons. The molecule has 2 heterocycles. The van der Waals surface area contributed by atoms with Crippen LogP contribution in [-0.2, 0) is 16.0 Å². The van der Waals surface area contributed by atoms with Gasteiger partial charge in [0.1, 0.15) is 17.4 Å². The van der Waals surface area contributed by atoms with Crippen LogP contribution in [0.25, 0.3) is 11.1 Å². The Morgan fingerprint density at radius 1 is 1.58 bits per heavy atom. The van der Waals surface area contributed by atoms with Crippen LogP contribution in [0.3, 0.4) is 0 Å². The molecule has 0 saturated carbocycles. The van der Waals surface area contributed by atoms with Gasteiger partial charge in [-0.1, -0.05) is 0 Å². The van der Waals surface area contributed by atoms with E-state index >= 15 is 0 Å². The zero-order valence-electron chi connectivity index (χ0n) is 10.5. The Morgan fingerprint density at radius 3 is 3.05 bits per heavy atom. The van der Waals surface area contributed by atoms with Gasteiger partial charge in [0.15, 0.2) is 5.58 Å². The molecule has 0 aliphatic rings. The standard InChI is InChI=1S/C13H14N2O4/c1-2-18-13(17)10-11-9(19-12(10)14)6-8(7-15-11)4-3-5-16/h5-7H,2-4,14H2,1H3. The predicted octanol–water partition coefficient (Wildman–Crippen LogP) is 1.72. The summed E-state index contributed by atoms with van der Waals surface area (Å²) in [6.07, 6.45) is 3.42. The van der Waals surface area contributed by atoms with E-state index in [1.807, 2.05) is 0 Å². The Bertz CT molecular complexity index is 618. The van der Waals surface area contributed by atoms with E-state index in [-0.39, 0.29) is 18.1 Å². The highest BCUT2D eigenvalue weighted by molar-refractivity contribution is 6.06. The number of ether oxygens (including phenoxy) is 1. The number of rotatable bonds is 5. The lowest BCUT2D eigenvalue weighted by Crippen LogP contribution is -2.06. The Labute approximate surface area is 109 Å². The molecule has 0 atom stereocenters. The van der Waals surface area contributed by atoms with Crippen molar-refractivity contribution in [1.29, 1.82) is 0 Å². The molecular formula is C13H14N2O4. The van der Waals surface area contributed by atoms with Crippen LogP contribution in [0.2, 0.25) is 0 Å². The van der Waals surface area contributed by atoms with Crippen molar-refractivity contribution in [2.45, 2.75) is 19.8 Å². The first-order valence-corrected chi connectivity index (χ1v) is 5.95. The summed E-state index contributed by atoms with van der Waals surface area (Å²) >= 11 is 0. The Kier molecular flexibility index (Phi) is 3.79. The number of aryl methyl sites for hydroxylation is 1. The van der Waals surface area contributed by atoms with E-state index in [0.29, 0.717) is 23.9 Å². The van der Waals surface area contributed by atoms with Gasteiger partial charge < -0.3 is 19.7 Å². The molecule has 19 heavy (non-hydrogen) atoms. The third-order valence-electron chi connectivity index (χ3n) is 2.64. The molecule has 0 amide bonds. The number of hydrogen-bond acceptors (Lipinski definition) is 6. The predicted molar refractivity (Wildman–Crippen MR) is 68.8 cm³/mol. The number of furan rings is 1. The average molecular weight is 262 g/mol. The summed E-state index contributed by atoms with van der Waals surface area (Å²) < 4.78 is 10.2. The van der Waals surface area contributed by atoms with Crippen molar-refractivity contribution >= 4 is 29.2 Å². The Balaban J connectivity index is 2.41. The molecule has 6 heteroatoms. The van der Waals surface area contributed by atoms with E-state index in [9.17, 15) is 9.59 Å². The molecule has 0 aliphatic carbocycles. The number of aldehydes is 1. The number of nitrogen functional groups attached to an aromatic ring is 1. The molecule has 0 unspecified atom stereocenters. The number of pyridine rings is 1. The van der Waals surface area contributed by atoms with Gasteiger partial charge in [0.2, 0.25) is 5.88 Å². The van der Waals surface area contributed by atoms with Gasteiger partial charge in [-0.05, 0) is 25.0 Å². The van der Waals surface area contributed by atoms with Crippen LogP contribution in [-0.4, -0.2) is 23.8 Å². The second-order valence-corrected chi connectivity index (χ2v) is 3.96. The topological polar surface area (TPSA) is 95.4 Å². The minimum atomic E-state index is -0.549. The number of aromatic nitrogens is 1. The molecule has 0 radical (unpaired) electrons. The SMILES string of the molecule is CCOC(=O)c1c(N)oc2cc(CCC=O)cnc12. The van der Waals surface area contributed by atoms with Crippen molar-refractivity contribution in [3.05, 3.63) is 23.4 Å². The van der Waals surface area contributed by atoms with E-state index in [4.69, 9.17) is 14.9 Å². The van der Waals surface area contributed by atoms with Crippen LogP contribution in [0.4, 0.5) is 5.88 Å². The fraction of sp³-hybridized carbons (Fsp3) is 0.308. The summed E-state index contributed by atoms with van der Waals surface area (Å²) in [4.78, 5) is 26.3. The van der Waals surface area contributed by atoms with Crippen LogP contribution in [0.5, 0.6) is 0 Å². The number of carbonyl (C=O) groups is 2. The van der Waals surface area contributed by atoms with Crippen LogP contribution in [0.15, 0.2) is 16.7 Å². The van der Waals surface area contributed by atoms with Gasteiger partial charge in [0, 0.05) is 12.6 Å². The minimum Gasteiger partial charge on any atom is -0.462 e. The maximum Gasteiger partial charge on any atom is 0.345 e. The molecule has 0 aliphatic heterocycles. The minimum absolute atomic E-state index is 0.00603. The summed E-state index contributed by atoms with van der Waals surface area (Å²) in [5.41, 5.74) is 7.47. The van der Waals surface area contributed by atoms with Gasteiger partial charge in [-0.3, -0.25) is 4.98 Å². The molecule has 0 aromatic carbocycles. The van der Waals surface area contributed by atoms with E-state index < -0.39 is 5.97 Å². The van der Waals surface area contributed by atoms with E-state index in [2.05, 4.69) is 4.98 Å². The van der Waals surface area contributed by atoms with E-state index in [1.54, 1.807) is 19.2 Å². The largest absolute Gasteiger partial charge is 0.462 e. The number of hydrogen-bond donors (Lipinski definition) is 1. The molecule has 2 aromatic heterocycles. The highest BCUT2D eigenvalue weighted by Gasteiger charge is 2.21. The van der Waals surface area contributed by atoms with E-state index in [1.165, 1.54) is 0 Å². The fourth-order valence-electron chi connectivity index (χ4n) is 1.80. The van der Waals surface area contributed by atoms with Crippen LogP contribution < -0.4 is 5.73 Å². The Hall–Kier alpha value is -2.37. The molecule has 6 nitrogen and oxygen atoms in total. The summed E-state index contributed by atoms with van der Waals surface area (Å²) in [7, 11) is 0. The van der Waals surface area contributed by atoms with Crippen molar-refractivity contribution in [3.8, 4) is 0 Å². The second kappa shape index (κ2) is 5.51. The zero-order chi connectivity index (χ0) is 13.8. The quantitative estimate of drug-likeness (QED) is 0.651. The lowest BCUT2D eigenvalue weighted by molar-refractivity contribution is -0.107. The molecule has 2 aromatic rings. The second-order valence-electron chi connectivity index (χ2n) is 3.96. The number of nitrogens with zero attached hydrogens (tertiary/aromatic N) is 1. The highest BCUT2D eigenvalue weighted by Crippen LogP contribution is 2.27. The summed E-state index contributed by atoms with van der Waals surface area (Å²) in [5.74, 6) is -0.555. The number of carbonyl (C=O) groups excluding carboxylic acids is 2. The van der Waals surface area contributed by atoms with Crippen molar-refractivity contribution < 1.29 is 18.7 Å². The molecule has 2 N–H and O–H groups in total. The maximum absolute atomic E-state index is 11.7. The summed E-state index contributed by atoms with van der Waals surface area (Å²) in [6.45, 7) is 1.96. The maximum atomic E-state index is 11.7. The van der Waals surface area contributed by atoms with Crippen LogP contribution >= 0.6 is 0 Å². The number of nitrogens with two attached hydrogens (primary N) is 1. The molecular weight excluding hydrogens is 248 g/mol. The number of anilines is 1. The third-order valence-corrected chi connectivity index (χ3v) is 2.64. The van der Waals surface area contributed by atoms with Crippen LogP contribution in [0.1, 0.15) is 29.3 Å². The van der Waals surface area contributed by atoms with Crippen molar-refractivity contribution in [1.82, 2.24) is 4.98 Å². The highest BCUT2D eigenvalue weighted by atomic mass is 16.5. The Morgan fingerprint density at radius 2 is 2.37 bits per heavy atom. The molecule has 0 fully saturated rings. The van der Waals surface area contributed by atoms with Gasteiger partial charge in [-0.25, -0.2) is 4.79 Å². The zero-order valence-corrected chi connectivity index (χ0v) is 10.5. The van der Waals surface area contributed by atoms with Crippen molar-refractivity contribution in [2.24, 2.45) is 0 Å². The van der Waals surface area contributed by atoms with Gasteiger partial charge in [0.25, 0.3) is 0 Å². The lowest BCUT2D eigenvalue weighted by Gasteiger charge is -2.00. The fourth-order valence-corrected chi connectivity index (χ4v) is 1.80. The van der Waals surface area contributed by atoms with Crippen molar-refractivity contribution in [2.75, 3.05) is 12.3 Å². The molecule has 0 saturated heterocycles. The number of esters is 1. The smallest absolute Gasteiger partial charge is 0.345 e. The van der Waals surface area contributed by atoms with Gasteiger partial charge in [-0.2, -0.15) is 0 Å². The molecule has 0 spiro atoms. The van der Waals surface area contributed by atoms with Gasteiger partial charge in [-0.15, -0.1) is 0 Å². The first kappa shape index (κ1) is 13.1. The van der Waals surface area contributed by atoms with Crippen molar-refractivity contribution in [3.63, 3.8) is 0 Å². The average Bonchev–Trinajstić information content (AvgIpc) is 2.71. The summed E-state index contributed by atoms with van der Waals surface area (Å²) in [6, 6.07) is 1.73. The van der Waals surface area contributed by atoms with Gasteiger partial charge >= 0.3 is 5.97 Å². The third kappa shape index (κ3) is 2.57. The molecule has 2 rings (SSSR count). The van der Waals surface area contributed by atoms with Gasteiger partial charge in [0.05, 0.1) is 6.61 Å². The normalized spacial score (nSPS) is 10.6. The summed E-state index contributed by atoms with van der Waals surface area (Å²) in [5, 5.41) is 0. The first-order valence-electron chi connectivity index (χ1n) is 5.95. The monoisotopic (exact) mass is 262 g/mol.